The monoisotopic (exact) mass is 478 g/mol. The van der Waals surface area contributed by atoms with Gasteiger partial charge in [0.05, 0.1) is 12.6 Å². The Morgan fingerprint density at radius 1 is 1.36 bits per heavy atom. The Hall–Kier alpha value is -1.09. The molecule has 2 aromatic rings. The molecule has 0 saturated heterocycles. The molecule has 1 atom stereocenters. The molecule has 22 heavy (non-hydrogen) atoms. The highest BCUT2D eigenvalue weighted by Gasteiger charge is 2.10. The van der Waals surface area contributed by atoms with Gasteiger partial charge in [0.1, 0.15) is 12.0 Å². The van der Waals surface area contributed by atoms with Gasteiger partial charge in [0.2, 0.25) is 0 Å². The van der Waals surface area contributed by atoms with Crippen LogP contribution < -0.4 is 10.6 Å². The number of rotatable bonds is 5. The third kappa shape index (κ3) is 5.60. The van der Waals surface area contributed by atoms with Crippen molar-refractivity contribution in [3.63, 3.8) is 0 Å². The zero-order valence-corrected chi connectivity index (χ0v) is 16.5. The van der Waals surface area contributed by atoms with Crippen LogP contribution in [0, 0.1) is 0 Å². The fraction of sp³-hybridized carbons (Fsp3) is 0.333. The predicted octanol–water partition coefficient (Wildman–Crippen LogP) is 3.87. The number of aliphatic imine (C=N–C) groups is 1. The molecule has 0 bridgehead atoms. The van der Waals surface area contributed by atoms with Crippen molar-refractivity contribution in [1.29, 1.82) is 0 Å². The number of halogens is 2. The summed E-state index contributed by atoms with van der Waals surface area (Å²) < 4.78 is 5.89. The highest BCUT2D eigenvalue weighted by atomic mass is 127. The van der Waals surface area contributed by atoms with E-state index < -0.39 is 0 Å². The number of guanidine groups is 1. The Morgan fingerprint density at radius 2 is 2.14 bits per heavy atom. The first kappa shape index (κ1) is 19.0. The highest BCUT2D eigenvalue weighted by molar-refractivity contribution is 14.0. The molecular weight excluding hydrogens is 459 g/mol. The van der Waals surface area contributed by atoms with Crippen molar-refractivity contribution in [2.45, 2.75) is 26.4 Å². The van der Waals surface area contributed by atoms with E-state index in [0.29, 0.717) is 6.54 Å². The second kappa shape index (κ2) is 9.83. The Balaban J connectivity index is 0.00000242. The standard InChI is InChI=1S/C15H19BrN4O.HI/c1-3-17-15(18-10-12-8-9-21-20-12)19-11(2)13-6-4-5-7-14(13)16;/h4-9,11H,3,10H2,1-2H3,(H2,17,18,19);1H. The quantitative estimate of drug-likeness (QED) is 0.389. The fourth-order valence-electron chi connectivity index (χ4n) is 1.91. The van der Waals surface area contributed by atoms with Crippen LogP contribution in [0.5, 0.6) is 0 Å². The topological polar surface area (TPSA) is 62.5 Å². The van der Waals surface area contributed by atoms with Gasteiger partial charge in [0, 0.05) is 17.1 Å². The highest BCUT2D eigenvalue weighted by Crippen LogP contribution is 2.22. The molecule has 0 aliphatic carbocycles. The van der Waals surface area contributed by atoms with Crippen LogP contribution in [-0.4, -0.2) is 17.7 Å². The van der Waals surface area contributed by atoms with Gasteiger partial charge in [-0.25, -0.2) is 4.99 Å². The maximum Gasteiger partial charge on any atom is 0.192 e. The zero-order chi connectivity index (χ0) is 15.1. The lowest BCUT2D eigenvalue weighted by Gasteiger charge is -2.19. The van der Waals surface area contributed by atoms with E-state index in [1.54, 1.807) is 6.26 Å². The molecule has 7 heteroatoms. The van der Waals surface area contributed by atoms with E-state index in [1.165, 1.54) is 5.56 Å². The lowest BCUT2D eigenvalue weighted by Crippen LogP contribution is -2.38. The van der Waals surface area contributed by atoms with Crippen LogP contribution >= 0.6 is 39.9 Å². The molecule has 2 rings (SSSR count). The van der Waals surface area contributed by atoms with Crippen molar-refractivity contribution in [3.05, 3.63) is 52.3 Å². The normalized spacial score (nSPS) is 12.4. The van der Waals surface area contributed by atoms with E-state index in [9.17, 15) is 0 Å². The van der Waals surface area contributed by atoms with Crippen LogP contribution in [0.25, 0.3) is 0 Å². The van der Waals surface area contributed by atoms with Gasteiger partial charge in [0.25, 0.3) is 0 Å². The molecular formula is C15H20BrIN4O. The molecule has 1 aromatic carbocycles. The van der Waals surface area contributed by atoms with E-state index in [0.717, 1.165) is 22.7 Å². The molecule has 1 heterocycles. The second-order valence-electron chi connectivity index (χ2n) is 4.57. The molecule has 0 radical (unpaired) electrons. The molecule has 1 unspecified atom stereocenters. The first-order chi connectivity index (χ1) is 10.2. The third-order valence-corrected chi connectivity index (χ3v) is 3.68. The van der Waals surface area contributed by atoms with Crippen LogP contribution in [0.2, 0.25) is 0 Å². The van der Waals surface area contributed by atoms with E-state index in [4.69, 9.17) is 4.52 Å². The molecule has 5 nitrogen and oxygen atoms in total. The van der Waals surface area contributed by atoms with Crippen molar-refractivity contribution in [1.82, 2.24) is 15.8 Å². The summed E-state index contributed by atoms with van der Waals surface area (Å²) in [4.78, 5) is 4.51. The summed E-state index contributed by atoms with van der Waals surface area (Å²) in [5.41, 5.74) is 1.99. The molecule has 0 fully saturated rings. The average molecular weight is 479 g/mol. The van der Waals surface area contributed by atoms with Gasteiger partial charge in [0.15, 0.2) is 5.96 Å². The summed E-state index contributed by atoms with van der Waals surface area (Å²) in [6.07, 6.45) is 1.55. The Morgan fingerprint density at radius 3 is 2.77 bits per heavy atom. The number of nitrogens with zero attached hydrogens (tertiary/aromatic N) is 2. The van der Waals surface area contributed by atoms with Crippen molar-refractivity contribution < 1.29 is 4.52 Å². The lowest BCUT2D eigenvalue weighted by molar-refractivity contribution is 0.412. The summed E-state index contributed by atoms with van der Waals surface area (Å²) in [6.45, 7) is 5.42. The van der Waals surface area contributed by atoms with E-state index in [2.05, 4.69) is 49.7 Å². The van der Waals surface area contributed by atoms with Gasteiger partial charge in [-0.05, 0) is 25.5 Å². The van der Waals surface area contributed by atoms with Gasteiger partial charge >= 0.3 is 0 Å². The third-order valence-electron chi connectivity index (χ3n) is 2.96. The summed E-state index contributed by atoms with van der Waals surface area (Å²) in [6, 6.07) is 10.1. The van der Waals surface area contributed by atoms with Crippen LogP contribution in [0.4, 0.5) is 0 Å². The summed E-state index contributed by atoms with van der Waals surface area (Å²) in [5.74, 6) is 0.753. The number of hydrogen-bond acceptors (Lipinski definition) is 3. The van der Waals surface area contributed by atoms with Crippen LogP contribution in [0.15, 0.2) is 50.6 Å². The SMILES string of the molecule is CCNC(=NCc1ccon1)NC(C)c1ccccc1Br.I. The molecule has 0 aliphatic heterocycles. The maximum atomic E-state index is 4.81. The van der Waals surface area contributed by atoms with Crippen molar-refractivity contribution in [2.75, 3.05) is 6.54 Å². The molecule has 0 aliphatic rings. The average Bonchev–Trinajstić information content (AvgIpc) is 2.98. The Labute approximate surface area is 156 Å². The van der Waals surface area contributed by atoms with Crippen LogP contribution in [-0.2, 0) is 6.54 Å². The second-order valence-corrected chi connectivity index (χ2v) is 5.43. The first-order valence-electron chi connectivity index (χ1n) is 6.89. The van der Waals surface area contributed by atoms with Crippen molar-refractivity contribution in [3.8, 4) is 0 Å². The molecule has 0 saturated carbocycles. The maximum absolute atomic E-state index is 4.81. The summed E-state index contributed by atoms with van der Waals surface area (Å²) >= 11 is 3.57. The van der Waals surface area contributed by atoms with E-state index in [1.807, 2.05) is 31.2 Å². The van der Waals surface area contributed by atoms with Gasteiger partial charge < -0.3 is 15.2 Å². The summed E-state index contributed by atoms with van der Waals surface area (Å²) in [5, 5.41) is 10.5. The number of nitrogens with one attached hydrogen (secondary N) is 2. The Bertz CT molecular complexity index is 589. The molecule has 120 valence electrons. The minimum Gasteiger partial charge on any atom is -0.364 e. The predicted molar refractivity (Wildman–Crippen MR) is 102 cm³/mol. The lowest BCUT2D eigenvalue weighted by atomic mass is 10.1. The van der Waals surface area contributed by atoms with E-state index >= 15 is 0 Å². The molecule has 1 aromatic heterocycles. The smallest absolute Gasteiger partial charge is 0.192 e. The fourth-order valence-corrected chi connectivity index (χ4v) is 2.54. The van der Waals surface area contributed by atoms with E-state index in [-0.39, 0.29) is 30.0 Å². The number of benzene rings is 1. The van der Waals surface area contributed by atoms with Gasteiger partial charge in [-0.15, -0.1) is 24.0 Å². The Kier molecular flexibility index (Phi) is 8.47. The number of aromatic nitrogens is 1. The summed E-state index contributed by atoms with van der Waals surface area (Å²) in [7, 11) is 0. The molecule has 0 amide bonds. The van der Waals surface area contributed by atoms with Gasteiger partial charge in [-0.3, -0.25) is 0 Å². The van der Waals surface area contributed by atoms with Crippen LogP contribution in [0.3, 0.4) is 0 Å². The largest absolute Gasteiger partial charge is 0.364 e. The number of hydrogen-bond donors (Lipinski definition) is 2. The minimum absolute atomic E-state index is 0. The molecule has 2 N–H and O–H groups in total. The van der Waals surface area contributed by atoms with Crippen molar-refractivity contribution in [2.24, 2.45) is 4.99 Å². The molecule has 0 spiro atoms. The van der Waals surface area contributed by atoms with Gasteiger partial charge in [-0.1, -0.05) is 39.3 Å². The minimum atomic E-state index is 0. The van der Waals surface area contributed by atoms with Crippen molar-refractivity contribution >= 4 is 45.9 Å². The zero-order valence-electron chi connectivity index (χ0n) is 12.5. The van der Waals surface area contributed by atoms with Crippen LogP contribution in [0.1, 0.15) is 31.1 Å². The first-order valence-corrected chi connectivity index (χ1v) is 7.68. The van der Waals surface area contributed by atoms with Gasteiger partial charge in [-0.2, -0.15) is 0 Å².